The van der Waals surface area contributed by atoms with Crippen molar-refractivity contribution < 1.29 is 34.1 Å². The molecule has 322 valence electrons. The van der Waals surface area contributed by atoms with Crippen LogP contribution in [0.4, 0.5) is 0 Å². The van der Waals surface area contributed by atoms with Gasteiger partial charge in [0.1, 0.15) is 12.1 Å². The summed E-state index contributed by atoms with van der Waals surface area (Å²) in [5.41, 5.74) is 0. The summed E-state index contributed by atoms with van der Waals surface area (Å²) in [5, 5.41) is 22.6. The Balaban J connectivity index is 4.33. The fourth-order valence-corrected chi connectivity index (χ4v) is 6.95. The lowest BCUT2D eigenvalue weighted by molar-refractivity contribution is -0.150. The van der Waals surface area contributed by atoms with Gasteiger partial charge in [0.15, 0.2) is 0 Å². The van der Waals surface area contributed by atoms with Gasteiger partial charge in [-0.1, -0.05) is 167 Å². The second-order valence-electron chi connectivity index (χ2n) is 15.8. The van der Waals surface area contributed by atoms with Crippen LogP contribution < -0.4 is 10.6 Å². The number of carboxylic acid groups (broad SMARTS) is 1. The van der Waals surface area contributed by atoms with E-state index in [1.807, 2.05) is 0 Å². The molecule has 0 rings (SSSR count). The Hall–Kier alpha value is -2.42. The van der Waals surface area contributed by atoms with Crippen molar-refractivity contribution in [3.63, 3.8) is 0 Å². The van der Waals surface area contributed by atoms with Crippen LogP contribution in [-0.2, 0) is 23.9 Å². The predicted octanol–water partition coefficient (Wildman–Crippen LogP) is 11.4. The van der Waals surface area contributed by atoms with Crippen molar-refractivity contribution in [3.05, 3.63) is 12.2 Å². The molecule has 2 atom stereocenters. The molecule has 0 bridgehead atoms. The zero-order chi connectivity index (χ0) is 40.5. The van der Waals surface area contributed by atoms with Crippen molar-refractivity contribution in [2.75, 3.05) is 13.2 Å². The number of unbranched alkanes of at least 4 members (excludes halogenated alkanes) is 26. The largest absolute Gasteiger partial charge is 0.480 e. The fraction of sp³-hybridized carbons (Fsp3) is 0.870. The molecule has 0 aliphatic heterocycles. The normalized spacial score (nSPS) is 12.5. The molecule has 4 N–H and O–H groups in total. The van der Waals surface area contributed by atoms with E-state index < -0.39 is 24.5 Å². The summed E-state index contributed by atoms with van der Waals surface area (Å²) in [6.07, 6.45) is 43.8. The molecule has 0 radical (unpaired) electrons. The van der Waals surface area contributed by atoms with E-state index in [9.17, 15) is 19.2 Å². The lowest BCUT2D eigenvalue weighted by Gasteiger charge is -2.18. The first kappa shape index (κ1) is 52.6. The molecule has 0 aromatic heterocycles. The van der Waals surface area contributed by atoms with Crippen LogP contribution in [0, 0.1) is 0 Å². The van der Waals surface area contributed by atoms with E-state index in [0.29, 0.717) is 19.3 Å². The molecule has 0 saturated carbocycles. The highest BCUT2D eigenvalue weighted by Crippen LogP contribution is 2.19. The Labute approximate surface area is 337 Å². The molecular weight excluding hydrogens is 693 g/mol. The standard InChI is InChI=1S/C46H86N2O7/c1-3-5-7-9-11-13-15-17-18-19-20-22-24-27-31-35-41(55-45(52)38-34-30-25-23-21-16-14-12-10-8-6-4-2)36-32-28-26-29-33-37-43(50)47-39-44(51)48-42(40-49)46(53)54/h19-20,41-42,49H,3-18,21-40H2,1-2H3,(H,47,50)(H,48,51)(H,53,54)/b20-19-. The van der Waals surface area contributed by atoms with Crippen LogP contribution in [-0.4, -0.2) is 59.3 Å². The SMILES string of the molecule is CCCCCCCCCC/C=C\CCCCCC(CCCCCCCC(=O)NCC(=O)NC(CO)C(=O)O)OC(=O)CCCCCCCCCCCCCC. The van der Waals surface area contributed by atoms with Crippen molar-refractivity contribution in [3.8, 4) is 0 Å². The zero-order valence-corrected chi connectivity index (χ0v) is 35.7. The van der Waals surface area contributed by atoms with Gasteiger partial charge in [-0.25, -0.2) is 4.79 Å². The van der Waals surface area contributed by atoms with E-state index in [1.54, 1.807) is 0 Å². The van der Waals surface area contributed by atoms with Crippen LogP contribution in [0.15, 0.2) is 12.2 Å². The van der Waals surface area contributed by atoms with E-state index in [4.69, 9.17) is 14.9 Å². The number of allylic oxidation sites excluding steroid dienone is 2. The maximum atomic E-state index is 12.8. The number of carbonyl (C=O) groups excluding carboxylic acids is 3. The Kier molecular flexibility index (Phi) is 39.4. The molecule has 0 aliphatic carbocycles. The molecule has 9 nitrogen and oxygen atoms in total. The number of nitrogens with one attached hydrogen (secondary N) is 2. The number of carbonyl (C=O) groups is 4. The number of esters is 1. The van der Waals surface area contributed by atoms with Gasteiger partial charge in [0.25, 0.3) is 0 Å². The number of ether oxygens (including phenoxy) is 1. The minimum absolute atomic E-state index is 0.0224. The summed E-state index contributed by atoms with van der Waals surface area (Å²) >= 11 is 0. The molecule has 0 saturated heterocycles. The van der Waals surface area contributed by atoms with Gasteiger partial charge in [-0.05, 0) is 64.2 Å². The van der Waals surface area contributed by atoms with Crippen molar-refractivity contribution in [2.45, 2.75) is 244 Å². The number of carboxylic acids is 1. The third-order valence-electron chi connectivity index (χ3n) is 10.5. The number of hydrogen-bond donors (Lipinski definition) is 4. The molecular formula is C46H86N2O7. The van der Waals surface area contributed by atoms with Gasteiger partial charge in [0.05, 0.1) is 13.2 Å². The molecule has 0 aliphatic rings. The number of rotatable bonds is 42. The molecule has 0 heterocycles. The molecule has 55 heavy (non-hydrogen) atoms. The molecule has 2 amide bonds. The van der Waals surface area contributed by atoms with Gasteiger partial charge in [0, 0.05) is 12.8 Å². The third kappa shape index (κ3) is 38.2. The van der Waals surface area contributed by atoms with Crippen molar-refractivity contribution in [2.24, 2.45) is 0 Å². The Morgan fingerprint density at radius 2 is 0.927 bits per heavy atom. The monoisotopic (exact) mass is 779 g/mol. The highest BCUT2D eigenvalue weighted by Gasteiger charge is 2.19. The Bertz CT molecular complexity index is 941. The van der Waals surface area contributed by atoms with Crippen molar-refractivity contribution >= 4 is 23.8 Å². The Morgan fingerprint density at radius 1 is 0.527 bits per heavy atom. The molecule has 2 unspecified atom stereocenters. The van der Waals surface area contributed by atoms with Gasteiger partial charge < -0.3 is 25.6 Å². The molecule has 0 fully saturated rings. The first-order valence-corrected chi connectivity index (χ1v) is 23.1. The number of aliphatic carboxylic acids is 1. The summed E-state index contributed by atoms with van der Waals surface area (Å²) in [6, 6.07) is -1.38. The lowest BCUT2D eigenvalue weighted by atomic mass is 10.0. The molecule has 9 heteroatoms. The van der Waals surface area contributed by atoms with Gasteiger partial charge >= 0.3 is 11.9 Å². The van der Waals surface area contributed by atoms with Gasteiger partial charge in [-0.15, -0.1) is 0 Å². The topological polar surface area (TPSA) is 142 Å². The van der Waals surface area contributed by atoms with Crippen LogP contribution in [0.3, 0.4) is 0 Å². The average molecular weight is 779 g/mol. The van der Waals surface area contributed by atoms with E-state index in [-0.39, 0.29) is 24.5 Å². The number of hydrogen-bond acceptors (Lipinski definition) is 6. The minimum atomic E-state index is -1.38. The zero-order valence-electron chi connectivity index (χ0n) is 35.7. The van der Waals surface area contributed by atoms with Crippen molar-refractivity contribution in [1.82, 2.24) is 10.6 Å². The van der Waals surface area contributed by atoms with Gasteiger partial charge in [-0.2, -0.15) is 0 Å². The van der Waals surface area contributed by atoms with E-state index in [1.165, 1.54) is 128 Å². The van der Waals surface area contributed by atoms with E-state index in [0.717, 1.165) is 70.6 Å². The van der Waals surface area contributed by atoms with Crippen molar-refractivity contribution in [1.29, 1.82) is 0 Å². The first-order chi connectivity index (χ1) is 26.8. The number of aliphatic hydroxyl groups is 1. The van der Waals surface area contributed by atoms with Crippen LogP contribution in [0.5, 0.6) is 0 Å². The van der Waals surface area contributed by atoms with Crippen LogP contribution in [0.25, 0.3) is 0 Å². The summed E-state index contributed by atoms with van der Waals surface area (Å²) in [7, 11) is 0. The summed E-state index contributed by atoms with van der Waals surface area (Å²) in [6.45, 7) is 3.50. The van der Waals surface area contributed by atoms with Gasteiger partial charge in [-0.3, -0.25) is 14.4 Å². The third-order valence-corrected chi connectivity index (χ3v) is 10.5. The molecule has 0 aromatic rings. The number of aliphatic hydroxyl groups excluding tert-OH is 1. The summed E-state index contributed by atoms with van der Waals surface area (Å²) < 4.78 is 6.03. The fourth-order valence-electron chi connectivity index (χ4n) is 6.95. The summed E-state index contributed by atoms with van der Waals surface area (Å²) in [5.74, 6) is -2.29. The number of amides is 2. The van der Waals surface area contributed by atoms with Crippen LogP contribution in [0.2, 0.25) is 0 Å². The van der Waals surface area contributed by atoms with Gasteiger partial charge in [0.2, 0.25) is 11.8 Å². The highest BCUT2D eigenvalue weighted by atomic mass is 16.5. The van der Waals surface area contributed by atoms with E-state index >= 15 is 0 Å². The predicted molar refractivity (Wildman–Crippen MR) is 227 cm³/mol. The maximum Gasteiger partial charge on any atom is 0.328 e. The molecule has 0 aromatic carbocycles. The lowest BCUT2D eigenvalue weighted by Crippen LogP contribution is -2.47. The quantitative estimate of drug-likeness (QED) is 0.0274. The highest BCUT2D eigenvalue weighted by molar-refractivity contribution is 5.87. The summed E-state index contributed by atoms with van der Waals surface area (Å²) in [4.78, 5) is 47.6. The maximum absolute atomic E-state index is 12.8. The van der Waals surface area contributed by atoms with Crippen LogP contribution in [0.1, 0.15) is 232 Å². The molecule has 0 spiro atoms. The Morgan fingerprint density at radius 3 is 1.38 bits per heavy atom. The average Bonchev–Trinajstić information content (AvgIpc) is 3.17. The van der Waals surface area contributed by atoms with Crippen LogP contribution >= 0.6 is 0 Å². The minimum Gasteiger partial charge on any atom is -0.480 e. The van der Waals surface area contributed by atoms with E-state index in [2.05, 4.69) is 36.6 Å². The second-order valence-corrected chi connectivity index (χ2v) is 15.8. The second kappa shape index (κ2) is 41.2. The smallest absolute Gasteiger partial charge is 0.328 e. The first-order valence-electron chi connectivity index (χ1n) is 23.1.